The Morgan fingerprint density at radius 1 is 1.23 bits per heavy atom. The molecule has 2 N–H and O–H groups in total. The fourth-order valence-corrected chi connectivity index (χ4v) is 3.14. The highest BCUT2D eigenvalue weighted by Gasteiger charge is 2.39. The Morgan fingerprint density at radius 3 is 2.62 bits per heavy atom. The number of benzene rings is 2. The van der Waals surface area contributed by atoms with Crippen LogP contribution < -0.4 is 10.1 Å². The molecule has 0 unspecified atom stereocenters. The first-order chi connectivity index (χ1) is 12.5. The summed E-state index contributed by atoms with van der Waals surface area (Å²) in [6.45, 7) is 3.95. The van der Waals surface area contributed by atoms with Crippen molar-refractivity contribution in [3.05, 3.63) is 82.4 Å². The average Bonchev–Trinajstić information content (AvgIpc) is 2.95. The maximum Gasteiger partial charge on any atom is 0.293 e. The molecular formula is C20H16BrNO4. The van der Waals surface area contributed by atoms with E-state index in [4.69, 9.17) is 4.74 Å². The molecule has 2 aromatic carbocycles. The van der Waals surface area contributed by atoms with Crippen molar-refractivity contribution in [3.63, 3.8) is 0 Å². The lowest BCUT2D eigenvalue weighted by Gasteiger charge is -2.14. The monoisotopic (exact) mass is 413 g/mol. The van der Waals surface area contributed by atoms with Gasteiger partial charge in [-0.25, -0.2) is 0 Å². The molecule has 26 heavy (non-hydrogen) atoms. The molecule has 1 fully saturated rings. The third-order valence-corrected chi connectivity index (χ3v) is 4.44. The first-order valence-electron chi connectivity index (χ1n) is 7.89. The van der Waals surface area contributed by atoms with Gasteiger partial charge in [0.05, 0.1) is 11.6 Å². The maximum atomic E-state index is 12.3. The summed E-state index contributed by atoms with van der Waals surface area (Å²) in [5.41, 5.74) is 1.16. The highest BCUT2D eigenvalue weighted by molar-refractivity contribution is 9.10. The number of carbonyl (C=O) groups excluding carboxylic acids is 2. The van der Waals surface area contributed by atoms with Gasteiger partial charge in [0.1, 0.15) is 18.1 Å². The summed E-state index contributed by atoms with van der Waals surface area (Å²) < 4.78 is 6.21. The van der Waals surface area contributed by atoms with Crippen LogP contribution in [0.25, 0.3) is 5.76 Å². The Balaban J connectivity index is 2.00. The number of Topliss-reactive ketones (excluding diaryl/α,β-unsaturated/α-hetero) is 1. The number of rotatable bonds is 5. The van der Waals surface area contributed by atoms with E-state index in [1.807, 2.05) is 6.07 Å². The molecule has 0 aliphatic carbocycles. The van der Waals surface area contributed by atoms with E-state index in [-0.39, 0.29) is 11.3 Å². The van der Waals surface area contributed by atoms with Crippen LogP contribution in [0.1, 0.15) is 17.2 Å². The van der Waals surface area contributed by atoms with Gasteiger partial charge in [-0.1, -0.05) is 40.7 Å². The van der Waals surface area contributed by atoms with Gasteiger partial charge in [0, 0.05) is 10.0 Å². The van der Waals surface area contributed by atoms with Crippen molar-refractivity contribution >= 4 is 33.4 Å². The van der Waals surface area contributed by atoms with Crippen LogP contribution >= 0.6 is 15.9 Å². The molecule has 0 bridgehead atoms. The van der Waals surface area contributed by atoms with Gasteiger partial charge in [0.25, 0.3) is 11.7 Å². The predicted octanol–water partition coefficient (Wildman–Crippen LogP) is 3.72. The van der Waals surface area contributed by atoms with Crippen molar-refractivity contribution in [1.29, 1.82) is 0 Å². The topological polar surface area (TPSA) is 75.6 Å². The molecule has 1 saturated heterocycles. The van der Waals surface area contributed by atoms with Gasteiger partial charge in [-0.2, -0.15) is 0 Å². The molecule has 5 nitrogen and oxygen atoms in total. The lowest BCUT2D eigenvalue weighted by molar-refractivity contribution is -0.133. The molecule has 1 aliphatic heterocycles. The van der Waals surface area contributed by atoms with Gasteiger partial charge in [-0.15, -0.1) is 0 Å². The largest absolute Gasteiger partial charge is 0.507 e. The summed E-state index contributed by atoms with van der Waals surface area (Å²) in [7, 11) is 0. The van der Waals surface area contributed by atoms with Crippen LogP contribution in [0.15, 0.2) is 71.2 Å². The average molecular weight is 414 g/mol. The normalized spacial score (nSPS) is 18.4. The first-order valence-corrected chi connectivity index (χ1v) is 8.68. The van der Waals surface area contributed by atoms with E-state index in [9.17, 15) is 14.7 Å². The Labute approximate surface area is 159 Å². The number of nitrogens with one attached hydrogen (secondary N) is 1. The third-order valence-electron chi connectivity index (χ3n) is 3.95. The van der Waals surface area contributed by atoms with Crippen LogP contribution in [0.2, 0.25) is 0 Å². The van der Waals surface area contributed by atoms with Crippen LogP contribution in [-0.4, -0.2) is 23.4 Å². The number of halogens is 1. The maximum absolute atomic E-state index is 12.3. The highest BCUT2D eigenvalue weighted by Crippen LogP contribution is 2.34. The van der Waals surface area contributed by atoms with E-state index >= 15 is 0 Å². The van der Waals surface area contributed by atoms with Gasteiger partial charge in [0.2, 0.25) is 0 Å². The molecule has 0 radical (unpaired) electrons. The molecule has 6 heteroatoms. The van der Waals surface area contributed by atoms with E-state index in [1.165, 1.54) is 0 Å². The number of ether oxygens (including phenoxy) is 1. The zero-order valence-corrected chi connectivity index (χ0v) is 15.3. The molecule has 1 aliphatic rings. The van der Waals surface area contributed by atoms with Crippen molar-refractivity contribution in [3.8, 4) is 5.75 Å². The second-order valence-electron chi connectivity index (χ2n) is 5.68. The lowest BCUT2D eigenvalue weighted by Crippen LogP contribution is -2.21. The fraction of sp³-hybridized carbons (Fsp3) is 0.100. The van der Waals surface area contributed by atoms with Gasteiger partial charge in [-0.3, -0.25) is 9.59 Å². The number of amides is 1. The van der Waals surface area contributed by atoms with Gasteiger partial charge in [-0.05, 0) is 42.0 Å². The number of aliphatic hydroxyl groups is 1. The molecular weight excluding hydrogens is 398 g/mol. The number of ketones is 1. The molecule has 0 saturated carbocycles. The summed E-state index contributed by atoms with van der Waals surface area (Å²) in [4.78, 5) is 24.2. The summed E-state index contributed by atoms with van der Waals surface area (Å²) in [5.74, 6) is -1.09. The highest BCUT2D eigenvalue weighted by atomic mass is 79.9. The Morgan fingerprint density at radius 2 is 1.96 bits per heavy atom. The minimum atomic E-state index is -0.737. The standard InChI is InChI=1S/C20H16BrNO4/c1-2-10-26-15-8-6-12(7-9-15)18(23)16-17(22-20(25)19(16)24)13-4-3-5-14(21)11-13/h2-9,11,17,23H,1,10H2,(H,22,25)/t17-/m0/s1. The second kappa shape index (κ2) is 7.58. The summed E-state index contributed by atoms with van der Waals surface area (Å²) >= 11 is 3.37. The van der Waals surface area contributed by atoms with Crippen LogP contribution in [0.3, 0.4) is 0 Å². The van der Waals surface area contributed by atoms with E-state index < -0.39 is 17.7 Å². The summed E-state index contributed by atoms with van der Waals surface area (Å²) in [6, 6.07) is 13.1. The predicted molar refractivity (Wildman–Crippen MR) is 102 cm³/mol. The van der Waals surface area contributed by atoms with Crippen molar-refractivity contribution in [1.82, 2.24) is 5.32 Å². The first kappa shape index (κ1) is 17.9. The minimum absolute atomic E-state index is 0.0351. The molecule has 0 aromatic heterocycles. The second-order valence-corrected chi connectivity index (χ2v) is 6.59. The van der Waals surface area contributed by atoms with Crippen molar-refractivity contribution in [2.75, 3.05) is 6.61 Å². The Kier molecular flexibility index (Phi) is 5.23. The smallest absolute Gasteiger partial charge is 0.293 e. The number of hydrogen-bond donors (Lipinski definition) is 2. The molecule has 132 valence electrons. The third kappa shape index (κ3) is 3.55. The van der Waals surface area contributed by atoms with Crippen LogP contribution in [-0.2, 0) is 9.59 Å². The van der Waals surface area contributed by atoms with Crippen molar-refractivity contribution in [2.24, 2.45) is 0 Å². The molecule has 0 spiro atoms. The molecule has 1 amide bonds. The molecule has 1 atom stereocenters. The van der Waals surface area contributed by atoms with Crippen LogP contribution in [0.5, 0.6) is 5.75 Å². The van der Waals surface area contributed by atoms with E-state index in [0.29, 0.717) is 23.5 Å². The Hall–Kier alpha value is -2.86. The number of carbonyl (C=O) groups is 2. The minimum Gasteiger partial charge on any atom is -0.507 e. The Bertz CT molecular complexity index is 902. The fourth-order valence-electron chi connectivity index (χ4n) is 2.72. The van der Waals surface area contributed by atoms with Crippen LogP contribution in [0.4, 0.5) is 0 Å². The molecule has 2 aromatic rings. The van der Waals surface area contributed by atoms with Crippen molar-refractivity contribution in [2.45, 2.75) is 6.04 Å². The lowest BCUT2D eigenvalue weighted by atomic mass is 9.96. The van der Waals surface area contributed by atoms with Gasteiger partial charge >= 0.3 is 0 Å². The van der Waals surface area contributed by atoms with Gasteiger partial charge < -0.3 is 15.2 Å². The van der Waals surface area contributed by atoms with Gasteiger partial charge in [0.15, 0.2) is 0 Å². The zero-order valence-electron chi connectivity index (χ0n) is 13.7. The molecule has 1 heterocycles. The SMILES string of the molecule is C=CCOc1ccc(C(O)=C2C(=O)C(=O)N[C@H]2c2cccc(Br)c2)cc1. The number of aliphatic hydroxyl groups excluding tert-OH is 1. The van der Waals surface area contributed by atoms with E-state index in [0.717, 1.165) is 4.47 Å². The van der Waals surface area contributed by atoms with E-state index in [1.54, 1.807) is 48.5 Å². The summed E-state index contributed by atoms with van der Waals surface area (Å²) in [6.07, 6.45) is 1.63. The van der Waals surface area contributed by atoms with Crippen molar-refractivity contribution < 1.29 is 19.4 Å². The summed E-state index contributed by atoms with van der Waals surface area (Å²) in [5, 5.41) is 13.3. The zero-order chi connectivity index (χ0) is 18.7. The molecule has 3 rings (SSSR count). The quantitative estimate of drug-likeness (QED) is 0.339. The number of hydrogen-bond acceptors (Lipinski definition) is 4. The van der Waals surface area contributed by atoms with Crippen LogP contribution in [0, 0.1) is 0 Å². The van der Waals surface area contributed by atoms with E-state index in [2.05, 4.69) is 27.8 Å².